The molecule has 0 fully saturated rings. The van der Waals surface area contributed by atoms with Crippen LogP contribution in [-0.4, -0.2) is 31.2 Å². The molecular formula is C13H28F3N. The summed E-state index contributed by atoms with van der Waals surface area (Å²) in [4.78, 5) is 2.64. The second-order valence-electron chi connectivity index (χ2n) is 4.15. The van der Waals surface area contributed by atoms with Crippen LogP contribution in [0.4, 0.5) is 13.2 Å². The summed E-state index contributed by atoms with van der Waals surface area (Å²) in [6, 6.07) is 0. The van der Waals surface area contributed by atoms with Gasteiger partial charge >= 0.3 is 6.68 Å². The van der Waals surface area contributed by atoms with Gasteiger partial charge in [0.25, 0.3) is 0 Å². The van der Waals surface area contributed by atoms with Crippen LogP contribution >= 0.6 is 0 Å². The molecule has 0 N–H and O–H groups in total. The van der Waals surface area contributed by atoms with Gasteiger partial charge in [0.05, 0.1) is 0 Å². The molecule has 0 aromatic carbocycles. The van der Waals surface area contributed by atoms with Crippen LogP contribution in [0.5, 0.6) is 0 Å². The smallest absolute Gasteiger partial charge is 0.303 e. The van der Waals surface area contributed by atoms with Crippen molar-refractivity contribution in [2.75, 3.05) is 19.6 Å². The molecule has 0 spiro atoms. The summed E-state index contributed by atoms with van der Waals surface area (Å²) in [5.74, 6) is 0. The summed E-state index contributed by atoms with van der Waals surface area (Å²) >= 11 is 0. The third-order valence-electron chi connectivity index (χ3n) is 2.48. The molecule has 17 heavy (non-hydrogen) atoms. The summed E-state index contributed by atoms with van der Waals surface area (Å²) in [6.07, 6.45) is 8.09. The average molecular weight is 255 g/mol. The van der Waals surface area contributed by atoms with E-state index >= 15 is 0 Å². The second kappa shape index (κ2) is 15.8. The zero-order valence-electron chi connectivity index (χ0n) is 11.5. The topological polar surface area (TPSA) is 3.24 Å². The summed E-state index contributed by atoms with van der Waals surface area (Å²) in [7, 11) is 0. The van der Waals surface area contributed by atoms with Crippen LogP contribution in [-0.2, 0) is 0 Å². The van der Waals surface area contributed by atoms with Crippen molar-refractivity contribution in [1.82, 2.24) is 4.90 Å². The Hall–Kier alpha value is -0.250. The van der Waals surface area contributed by atoms with Gasteiger partial charge in [-0.15, -0.1) is 0 Å². The molecule has 0 bridgehead atoms. The number of halogens is 3. The van der Waals surface area contributed by atoms with Crippen LogP contribution in [0.25, 0.3) is 0 Å². The molecule has 0 unspecified atom stereocenters. The number of alkyl halides is 3. The molecule has 0 saturated heterocycles. The fourth-order valence-electron chi connectivity index (χ4n) is 1.48. The highest BCUT2D eigenvalue weighted by atomic mass is 19.4. The lowest BCUT2D eigenvalue weighted by molar-refractivity contribution is 0.00819. The summed E-state index contributed by atoms with van der Waals surface area (Å²) in [5.41, 5.74) is 0. The number of nitrogens with zero attached hydrogens (tertiary/aromatic N) is 1. The van der Waals surface area contributed by atoms with E-state index in [4.69, 9.17) is 0 Å². The largest absolute Gasteiger partial charge is 0.379 e. The SMILES string of the molecule is CCCCN(CCCC)CCCC.FC(F)F. The maximum absolute atomic E-state index is 9.67. The van der Waals surface area contributed by atoms with E-state index < -0.39 is 6.68 Å². The van der Waals surface area contributed by atoms with Gasteiger partial charge in [0.1, 0.15) is 0 Å². The minimum atomic E-state index is -3.67. The normalized spacial score (nSPS) is 10.6. The molecule has 0 aromatic heterocycles. The van der Waals surface area contributed by atoms with E-state index in [2.05, 4.69) is 25.7 Å². The van der Waals surface area contributed by atoms with Gasteiger partial charge in [-0.25, -0.2) is 0 Å². The highest BCUT2D eigenvalue weighted by Crippen LogP contribution is 2.01. The summed E-state index contributed by atoms with van der Waals surface area (Å²) in [6.45, 7) is 7.11. The predicted octanol–water partition coefficient (Wildman–Crippen LogP) is 4.87. The Morgan fingerprint density at radius 2 is 0.941 bits per heavy atom. The third-order valence-corrected chi connectivity index (χ3v) is 2.48. The molecule has 0 saturated carbocycles. The predicted molar refractivity (Wildman–Crippen MR) is 68.3 cm³/mol. The number of rotatable bonds is 9. The van der Waals surface area contributed by atoms with E-state index in [9.17, 15) is 13.2 Å². The minimum Gasteiger partial charge on any atom is -0.303 e. The molecule has 1 nitrogen and oxygen atoms in total. The van der Waals surface area contributed by atoms with Gasteiger partial charge in [0, 0.05) is 0 Å². The maximum atomic E-state index is 9.67. The van der Waals surface area contributed by atoms with Gasteiger partial charge in [-0.2, -0.15) is 13.2 Å². The first-order valence-electron chi connectivity index (χ1n) is 6.72. The Labute approximate surface area is 104 Å². The molecule has 106 valence electrons. The van der Waals surface area contributed by atoms with Gasteiger partial charge in [-0.1, -0.05) is 40.0 Å². The lowest BCUT2D eigenvalue weighted by Crippen LogP contribution is -2.27. The standard InChI is InChI=1S/C12H27N.CHF3/c1-4-7-10-13(11-8-5-2)12-9-6-3;2-1(3)4/h4-12H2,1-3H3;1H. The van der Waals surface area contributed by atoms with Gasteiger partial charge < -0.3 is 4.90 Å². The molecule has 0 aliphatic heterocycles. The lowest BCUT2D eigenvalue weighted by Gasteiger charge is -2.21. The first kappa shape index (κ1) is 19.1. The van der Waals surface area contributed by atoms with Crippen LogP contribution in [0, 0.1) is 0 Å². The van der Waals surface area contributed by atoms with E-state index in [1.807, 2.05) is 0 Å². The molecular weight excluding hydrogens is 227 g/mol. The maximum Gasteiger partial charge on any atom is 0.379 e. The molecule has 4 heteroatoms. The number of unbranched alkanes of at least 4 members (excludes halogenated alkanes) is 3. The van der Waals surface area contributed by atoms with Crippen LogP contribution in [0.2, 0.25) is 0 Å². The molecule has 0 rings (SSSR count). The van der Waals surface area contributed by atoms with Crippen molar-refractivity contribution in [2.45, 2.75) is 66.0 Å². The fourth-order valence-corrected chi connectivity index (χ4v) is 1.48. The Bertz CT molecular complexity index is 110. The molecule has 0 aliphatic carbocycles. The average Bonchev–Trinajstić information content (AvgIpc) is 2.27. The molecule has 0 atom stereocenters. The lowest BCUT2D eigenvalue weighted by atomic mass is 10.2. The van der Waals surface area contributed by atoms with Crippen LogP contribution < -0.4 is 0 Å². The van der Waals surface area contributed by atoms with Crippen molar-refractivity contribution in [3.63, 3.8) is 0 Å². The van der Waals surface area contributed by atoms with Crippen LogP contribution in [0.3, 0.4) is 0 Å². The molecule has 0 aliphatic rings. The zero-order chi connectivity index (χ0) is 13.5. The Morgan fingerprint density at radius 3 is 1.12 bits per heavy atom. The first-order chi connectivity index (χ1) is 8.08. The van der Waals surface area contributed by atoms with Gasteiger partial charge in [-0.3, -0.25) is 0 Å². The minimum absolute atomic E-state index is 1.32. The van der Waals surface area contributed by atoms with Gasteiger partial charge in [0.2, 0.25) is 0 Å². The van der Waals surface area contributed by atoms with Crippen molar-refractivity contribution >= 4 is 0 Å². The molecule has 0 amide bonds. The summed E-state index contributed by atoms with van der Waals surface area (Å²) < 4.78 is 29.0. The van der Waals surface area contributed by atoms with Crippen molar-refractivity contribution in [1.29, 1.82) is 0 Å². The Morgan fingerprint density at radius 1 is 0.706 bits per heavy atom. The molecule has 0 aromatic rings. The Kier molecular flexibility index (Phi) is 17.7. The zero-order valence-corrected chi connectivity index (χ0v) is 11.5. The van der Waals surface area contributed by atoms with E-state index in [1.165, 1.54) is 58.2 Å². The third kappa shape index (κ3) is 21.6. The van der Waals surface area contributed by atoms with Crippen molar-refractivity contribution < 1.29 is 13.2 Å². The molecule has 0 heterocycles. The number of hydrogen-bond acceptors (Lipinski definition) is 1. The first-order valence-corrected chi connectivity index (χ1v) is 6.72. The monoisotopic (exact) mass is 255 g/mol. The quantitative estimate of drug-likeness (QED) is 0.568. The fraction of sp³-hybridized carbons (Fsp3) is 1.00. The van der Waals surface area contributed by atoms with Crippen LogP contribution in [0.1, 0.15) is 59.3 Å². The second-order valence-corrected chi connectivity index (χ2v) is 4.15. The van der Waals surface area contributed by atoms with Gasteiger partial charge in [-0.05, 0) is 38.9 Å². The van der Waals surface area contributed by atoms with E-state index in [0.29, 0.717) is 0 Å². The van der Waals surface area contributed by atoms with E-state index in [-0.39, 0.29) is 0 Å². The highest BCUT2D eigenvalue weighted by molar-refractivity contribution is 4.57. The van der Waals surface area contributed by atoms with E-state index in [1.54, 1.807) is 0 Å². The van der Waals surface area contributed by atoms with Crippen molar-refractivity contribution in [3.8, 4) is 0 Å². The van der Waals surface area contributed by atoms with Crippen molar-refractivity contribution in [3.05, 3.63) is 0 Å². The summed E-state index contributed by atoms with van der Waals surface area (Å²) in [5, 5.41) is 0. The number of hydrogen-bond donors (Lipinski definition) is 0. The van der Waals surface area contributed by atoms with Crippen LogP contribution in [0.15, 0.2) is 0 Å². The van der Waals surface area contributed by atoms with Gasteiger partial charge in [0.15, 0.2) is 0 Å². The van der Waals surface area contributed by atoms with E-state index in [0.717, 1.165) is 0 Å². The Balaban J connectivity index is 0. The highest BCUT2D eigenvalue weighted by Gasteiger charge is 2.01. The molecule has 0 radical (unpaired) electrons. The van der Waals surface area contributed by atoms with Crippen molar-refractivity contribution in [2.24, 2.45) is 0 Å².